The molecule has 3 aromatic rings. The van der Waals surface area contributed by atoms with Crippen molar-refractivity contribution in [3.63, 3.8) is 0 Å². The Balaban J connectivity index is 1.80. The van der Waals surface area contributed by atoms with Crippen molar-refractivity contribution < 1.29 is 14.3 Å². The van der Waals surface area contributed by atoms with Gasteiger partial charge in [0.2, 0.25) is 0 Å². The van der Waals surface area contributed by atoms with Crippen molar-refractivity contribution in [3.05, 3.63) is 76.7 Å². The first-order valence-corrected chi connectivity index (χ1v) is 9.06. The van der Waals surface area contributed by atoms with Crippen LogP contribution in [0.15, 0.2) is 48.5 Å². The summed E-state index contributed by atoms with van der Waals surface area (Å²) in [5.74, 6) is 0.218. The molecule has 0 fully saturated rings. The number of methoxy groups -OCH3 is 1. The van der Waals surface area contributed by atoms with E-state index in [0.29, 0.717) is 22.9 Å². The fourth-order valence-electron chi connectivity index (χ4n) is 2.89. The molecule has 0 aliphatic rings. The molecule has 2 N–H and O–H groups in total. The largest absolute Gasteiger partial charge is 0.465 e. The molecule has 0 spiro atoms. The number of anilines is 3. The van der Waals surface area contributed by atoms with Crippen LogP contribution in [0.3, 0.4) is 0 Å². The van der Waals surface area contributed by atoms with Gasteiger partial charge < -0.3 is 15.4 Å². The van der Waals surface area contributed by atoms with E-state index >= 15 is 0 Å². The lowest BCUT2D eigenvalue weighted by molar-refractivity contribution is 0.0600. The van der Waals surface area contributed by atoms with Gasteiger partial charge in [-0.2, -0.15) is 0 Å². The minimum Gasteiger partial charge on any atom is -0.465 e. The highest BCUT2D eigenvalue weighted by Crippen LogP contribution is 2.24. The summed E-state index contributed by atoms with van der Waals surface area (Å²) in [6.45, 7) is 5.75. The van der Waals surface area contributed by atoms with Crippen LogP contribution in [-0.2, 0) is 4.74 Å². The molecule has 1 aromatic heterocycles. The number of aryl methyl sites for hydroxylation is 3. The number of nitrogens with one attached hydrogen (secondary N) is 2. The molecular weight excluding hydrogens is 368 g/mol. The summed E-state index contributed by atoms with van der Waals surface area (Å²) in [4.78, 5) is 32.8. The molecule has 0 bridgehead atoms. The lowest BCUT2D eigenvalue weighted by Crippen LogP contribution is -2.15. The van der Waals surface area contributed by atoms with Crippen molar-refractivity contribution in [1.29, 1.82) is 0 Å². The summed E-state index contributed by atoms with van der Waals surface area (Å²) in [6, 6.07) is 14.1. The zero-order chi connectivity index (χ0) is 21.0. The minimum atomic E-state index is -0.434. The van der Waals surface area contributed by atoms with Crippen LogP contribution in [-0.4, -0.2) is 29.0 Å². The highest BCUT2D eigenvalue weighted by Gasteiger charge is 2.13. The van der Waals surface area contributed by atoms with Gasteiger partial charge in [0.15, 0.2) is 0 Å². The fourth-order valence-corrected chi connectivity index (χ4v) is 2.89. The number of nitrogens with zero attached hydrogens (tertiary/aromatic N) is 2. The maximum Gasteiger partial charge on any atom is 0.337 e. The molecule has 2 aromatic carbocycles. The molecule has 0 radical (unpaired) electrons. The van der Waals surface area contributed by atoms with Gasteiger partial charge in [-0.3, -0.25) is 4.79 Å². The Morgan fingerprint density at radius 2 is 1.59 bits per heavy atom. The molecule has 0 aliphatic heterocycles. The summed E-state index contributed by atoms with van der Waals surface area (Å²) in [5.41, 5.74) is 4.31. The van der Waals surface area contributed by atoms with E-state index in [9.17, 15) is 9.59 Å². The van der Waals surface area contributed by atoms with E-state index in [2.05, 4.69) is 25.3 Å². The summed E-state index contributed by atoms with van der Waals surface area (Å²) >= 11 is 0. The number of carbonyl (C=O) groups is 2. The molecule has 0 saturated heterocycles. The van der Waals surface area contributed by atoms with Gasteiger partial charge >= 0.3 is 5.97 Å². The van der Waals surface area contributed by atoms with Gasteiger partial charge in [0.25, 0.3) is 5.91 Å². The zero-order valence-corrected chi connectivity index (χ0v) is 16.7. The van der Waals surface area contributed by atoms with Crippen molar-refractivity contribution in [2.75, 3.05) is 17.7 Å². The average molecular weight is 390 g/mol. The SMILES string of the molecule is COC(=O)c1ccc(NC(=O)c2cc(Nc3c(C)cccc3C)nc(C)n2)cc1. The summed E-state index contributed by atoms with van der Waals surface area (Å²) < 4.78 is 4.67. The topological polar surface area (TPSA) is 93.2 Å². The van der Waals surface area contributed by atoms with E-state index in [1.165, 1.54) is 7.11 Å². The van der Waals surface area contributed by atoms with Crippen molar-refractivity contribution >= 4 is 29.1 Å². The molecule has 0 unspecified atom stereocenters. The molecule has 148 valence electrons. The molecule has 29 heavy (non-hydrogen) atoms. The number of amides is 1. The summed E-state index contributed by atoms with van der Waals surface area (Å²) in [6.07, 6.45) is 0. The predicted octanol–water partition coefficient (Wildman–Crippen LogP) is 4.18. The Morgan fingerprint density at radius 3 is 2.21 bits per heavy atom. The number of esters is 1. The van der Waals surface area contributed by atoms with Gasteiger partial charge in [-0.15, -0.1) is 0 Å². The van der Waals surface area contributed by atoms with Crippen LogP contribution in [0.2, 0.25) is 0 Å². The van der Waals surface area contributed by atoms with Crippen molar-refractivity contribution in [1.82, 2.24) is 9.97 Å². The van der Waals surface area contributed by atoms with Gasteiger partial charge in [-0.1, -0.05) is 18.2 Å². The Labute approximate surface area is 169 Å². The molecule has 3 rings (SSSR count). The standard InChI is InChI=1S/C22H22N4O3/c1-13-6-5-7-14(2)20(13)26-19-12-18(23-15(3)24-19)21(27)25-17-10-8-16(9-11-17)22(28)29-4/h5-12H,1-4H3,(H,25,27)(H,23,24,26). The maximum atomic E-state index is 12.7. The summed E-state index contributed by atoms with van der Waals surface area (Å²) in [7, 11) is 1.32. The average Bonchev–Trinajstić information content (AvgIpc) is 2.70. The second kappa shape index (κ2) is 8.52. The number of hydrogen-bond donors (Lipinski definition) is 2. The zero-order valence-electron chi connectivity index (χ0n) is 16.7. The van der Waals surface area contributed by atoms with Crippen LogP contribution in [0.5, 0.6) is 0 Å². The van der Waals surface area contributed by atoms with Crippen molar-refractivity contribution in [2.45, 2.75) is 20.8 Å². The van der Waals surface area contributed by atoms with Crippen LogP contribution in [0.4, 0.5) is 17.2 Å². The first kappa shape index (κ1) is 20.0. The van der Waals surface area contributed by atoms with E-state index in [4.69, 9.17) is 0 Å². The van der Waals surface area contributed by atoms with E-state index in [0.717, 1.165) is 16.8 Å². The molecule has 0 aliphatic carbocycles. The highest BCUT2D eigenvalue weighted by molar-refractivity contribution is 6.03. The van der Waals surface area contributed by atoms with E-state index in [1.807, 2.05) is 32.0 Å². The quantitative estimate of drug-likeness (QED) is 0.635. The summed E-state index contributed by atoms with van der Waals surface area (Å²) in [5, 5.41) is 6.06. The van der Waals surface area contributed by atoms with Gasteiger partial charge in [-0.25, -0.2) is 14.8 Å². The van der Waals surface area contributed by atoms with Crippen LogP contribution >= 0.6 is 0 Å². The smallest absolute Gasteiger partial charge is 0.337 e. The van der Waals surface area contributed by atoms with Gasteiger partial charge in [0.05, 0.1) is 12.7 Å². The Hall–Kier alpha value is -3.74. The first-order chi connectivity index (χ1) is 13.9. The predicted molar refractivity (Wildman–Crippen MR) is 112 cm³/mol. The van der Waals surface area contributed by atoms with Crippen LogP contribution < -0.4 is 10.6 Å². The van der Waals surface area contributed by atoms with Crippen LogP contribution in [0, 0.1) is 20.8 Å². The molecule has 7 heteroatoms. The molecule has 0 saturated carbocycles. The third-order valence-corrected chi connectivity index (χ3v) is 4.37. The number of benzene rings is 2. The van der Waals surface area contributed by atoms with Gasteiger partial charge in [0.1, 0.15) is 17.3 Å². The number of ether oxygens (including phenoxy) is 1. The van der Waals surface area contributed by atoms with Gasteiger partial charge in [-0.05, 0) is 56.2 Å². The minimum absolute atomic E-state index is 0.239. The van der Waals surface area contributed by atoms with Crippen LogP contribution in [0.25, 0.3) is 0 Å². The molecule has 0 atom stereocenters. The third-order valence-electron chi connectivity index (χ3n) is 4.37. The lowest BCUT2D eigenvalue weighted by atomic mass is 10.1. The van der Waals surface area contributed by atoms with Crippen molar-refractivity contribution in [2.24, 2.45) is 0 Å². The number of carbonyl (C=O) groups excluding carboxylic acids is 2. The monoisotopic (exact) mass is 390 g/mol. The number of rotatable bonds is 5. The molecule has 1 amide bonds. The molecule has 1 heterocycles. The van der Waals surface area contributed by atoms with Gasteiger partial charge in [0, 0.05) is 17.4 Å². The van der Waals surface area contributed by atoms with Crippen molar-refractivity contribution in [3.8, 4) is 0 Å². The van der Waals surface area contributed by atoms with E-state index in [1.54, 1.807) is 37.3 Å². The third kappa shape index (κ3) is 4.76. The van der Waals surface area contributed by atoms with Crippen LogP contribution in [0.1, 0.15) is 37.8 Å². The number of para-hydroxylation sites is 1. The van der Waals surface area contributed by atoms with E-state index < -0.39 is 5.97 Å². The number of aromatic nitrogens is 2. The maximum absolute atomic E-state index is 12.7. The normalized spacial score (nSPS) is 10.3. The Morgan fingerprint density at radius 1 is 0.931 bits per heavy atom. The highest BCUT2D eigenvalue weighted by atomic mass is 16.5. The van der Waals surface area contributed by atoms with E-state index in [-0.39, 0.29) is 11.6 Å². The number of hydrogen-bond acceptors (Lipinski definition) is 6. The lowest BCUT2D eigenvalue weighted by Gasteiger charge is -2.13. The Bertz CT molecular complexity index is 1040. The molecule has 7 nitrogen and oxygen atoms in total. The molecular formula is C22H22N4O3. The first-order valence-electron chi connectivity index (χ1n) is 9.06. The second-order valence-corrected chi connectivity index (χ2v) is 6.60. The fraction of sp³-hybridized carbons (Fsp3) is 0.182. The Kier molecular flexibility index (Phi) is 5.87. The second-order valence-electron chi connectivity index (χ2n) is 6.60.